The van der Waals surface area contributed by atoms with Gasteiger partial charge in [0.2, 0.25) is 10.0 Å². The molecule has 5 heterocycles. The van der Waals surface area contributed by atoms with Gasteiger partial charge in [0.25, 0.3) is 0 Å². The third-order valence-electron chi connectivity index (χ3n) is 9.60. The fourth-order valence-corrected chi connectivity index (χ4v) is 9.96. The second-order valence-corrected chi connectivity index (χ2v) is 16.3. The fraction of sp³-hybridized carbons (Fsp3) is 0.545. The Hall–Kier alpha value is -3.29. The van der Waals surface area contributed by atoms with Crippen molar-refractivity contribution in [3.05, 3.63) is 52.3 Å². The summed E-state index contributed by atoms with van der Waals surface area (Å²) >= 11 is 1.06. The molecule has 1 aromatic carbocycles. The van der Waals surface area contributed by atoms with Gasteiger partial charge >= 0.3 is 6.18 Å². The van der Waals surface area contributed by atoms with Crippen LogP contribution in [0.2, 0.25) is 0 Å². The number of anilines is 1. The number of piperidine rings is 1. The maximum atomic E-state index is 12.9. The van der Waals surface area contributed by atoms with Gasteiger partial charge < -0.3 is 9.88 Å². The SMILES string of the molecule is Cc1c(CN2CCC(Nc3ncnc4sc(CC(F)(F)F)cc34)CC2)ccc2c1cc(C#N)n2CCN1C[C@@H](C)N(S(C)(=O)=O)[C@H](C)C1. The summed E-state index contributed by atoms with van der Waals surface area (Å²) in [4.78, 5) is 14.0. The van der Waals surface area contributed by atoms with Crippen molar-refractivity contribution in [2.45, 2.75) is 77.4 Å². The van der Waals surface area contributed by atoms with E-state index >= 15 is 0 Å². The smallest absolute Gasteiger partial charge is 0.367 e. The highest BCUT2D eigenvalue weighted by Crippen LogP contribution is 2.33. The lowest BCUT2D eigenvalue weighted by Gasteiger charge is -2.42. The number of fused-ring (bicyclic) bond motifs is 2. The van der Waals surface area contributed by atoms with Crippen LogP contribution in [0.3, 0.4) is 0 Å². The number of benzene rings is 1. The van der Waals surface area contributed by atoms with Crippen LogP contribution in [0.5, 0.6) is 0 Å². The van der Waals surface area contributed by atoms with E-state index in [2.05, 4.69) is 54.8 Å². The highest BCUT2D eigenvalue weighted by atomic mass is 32.2. The average molecular weight is 703 g/mol. The maximum absolute atomic E-state index is 12.9. The van der Waals surface area contributed by atoms with E-state index in [-0.39, 0.29) is 23.0 Å². The first-order valence-corrected chi connectivity index (χ1v) is 18.9. The van der Waals surface area contributed by atoms with E-state index in [0.29, 0.717) is 41.4 Å². The molecule has 0 unspecified atom stereocenters. The molecule has 258 valence electrons. The van der Waals surface area contributed by atoms with Gasteiger partial charge in [0, 0.05) is 79.7 Å². The largest absolute Gasteiger partial charge is 0.393 e. The van der Waals surface area contributed by atoms with E-state index in [4.69, 9.17) is 0 Å². The molecule has 6 rings (SSSR count). The van der Waals surface area contributed by atoms with Crippen LogP contribution in [0.4, 0.5) is 19.0 Å². The lowest BCUT2D eigenvalue weighted by Crippen LogP contribution is -2.58. The van der Waals surface area contributed by atoms with E-state index in [1.54, 1.807) is 10.4 Å². The van der Waals surface area contributed by atoms with Crippen molar-refractivity contribution < 1.29 is 21.6 Å². The van der Waals surface area contributed by atoms with Crippen molar-refractivity contribution in [3.8, 4) is 6.07 Å². The van der Waals surface area contributed by atoms with Crippen molar-refractivity contribution in [2.75, 3.05) is 44.3 Å². The topological polar surface area (TPSA) is 110 Å². The number of nitriles is 1. The van der Waals surface area contributed by atoms with E-state index in [1.165, 1.54) is 18.1 Å². The number of hydrogen-bond acceptors (Lipinski definition) is 9. The molecule has 0 aliphatic carbocycles. The summed E-state index contributed by atoms with van der Waals surface area (Å²) < 4.78 is 67.0. The molecule has 1 N–H and O–H groups in total. The third kappa shape index (κ3) is 7.47. The Labute approximate surface area is 283 Å². The van der Waals surface area contributed by atoms with Crippen molar-refractivity contribution in [1.29, 1.82) is 5.26 Å². The molecule has 0 amide bonds. The number of sulfonamides is 1. The predicted molar refractivity (Wildman–Crippen MR) is 183 cm³/mol. The van der Waals surface area contributed by atoms with Crippen LogP contribution >= 0.6 is 11.3 Å². The van der Waals surface area contributed by atoms with Crippen LogP contribution < -0.4 is 5.32 Å². The quantitative estimate of drug-likeness (QED) is 0.248. The van der Waals surface area contributed by atoms with Crippen LogP contribution in [-0.2, 0) is 29.5 Å². The Bertz CT molecular complexity index is 1930. The number of hydrogen-bond donors (Lipinski definition) is 1. The number of likely N-dealkylation sites (tertiary alicyclic amines) is 1. The molecular formula is C33H41F3N8O2S2. The van der Waals surface area contributed by atoms with Gasteiger partial charge in [-0.1, -0.05) is 6.07 Å². The van der Waals surface area contributed by atoms with Gasteiger partial charge in [-0.05, 0) is 62.9 Å². The average Bonchev–Trinajstić information content (AvgIpc) is 3.57. The van der Waals surface area contributed by atoms with Crippen LogP contribution in [0, 0.1) is 18.3 Å². The summed E-state index contributed by atoms with van der Waals surface area (Å²) in [6, 6.07) is 10.1. The van der Waals surface area contributed by atoms with Gasteiger partial charge in [0.05, 0.1) is 18.1 Å². The molecular weight excluding hydrogens is 662 g/mol. The molecule has 2 aliphatic heterocycles. The summed E-state index contributed by atoms with van der Waals surface area (Å²) in [5.41, 5.74) is 4.00. The molecule has 2 fully saturated rings. The summed E-state index contributed by atoms with van der Waals surface area (Å²) in [7, 11) is -3.27. The Kier molecular flexibility index (Phi) is 9.76. The number of nitrogens with one attached hydrogen (secondary N) is 1. The summed E-state index contributed by atoms with van der Waals surface area (Å²) in [6.45, 7) is 11.2. The molecule has 0 radical (unpaired) electrons. The lowest BCUT2D eigenvalue weighted by molar-refractivity contribution is -0.126. The minimum atomic E-state index is -4.27. The number of rotatable bonds is 9. The van der Waals surface area contributed by atoms with Crippen molar-refractivity contribution in [1.82, 2.24) is 28.6 Å². The zero-order chi connectivity index (χ0) is 34.4. The van der Waals surface area contributed by atoms with Gasteiger partial charge in [-0.2, -0.15) is 22.7 Å². The van der Waals surface area contributed by atoms with Crippen LogP contribution in [-0.4, -0.2) is 100 Å². The molecule has 3 aromatic heterocycles. The number of nitrogens with zero attached hydrogens (tertiary/aromatic N) is 7. The first kappa shape index (κ1) is 34.6. The Morgan fingerprint density at radius 2 is 1.75 bits per heavy atom. The maximum Gasteiger partial charge on any atom is 0.393 e. The van der Waals surface area contributed by atoms with Gasteiger partial charge in [-0.15, -0.1) is 11.3 Å². The van der Waals surface area contributed by atoms with Crippen LogP contribution in [0.1, 0.15) is 48.4 Å². The normalized spacial score (nSPS) is 20.9. The first-order valence-electron chi connectivity index (χ1n) is 16.2. The molecule has 0 spiro atoms. The number of halogens is 3. The number of thiophene rings is 1. The van der Waals surface area contributed by atoms with Gasteiger partial charge in [-0.3, -0.25) is 9.80 Å². The summed E-state index contributed by atoms with van der Waals surface area (Å²) in [5.74, 6) is 0.586. The zero-order valence-corrected chi connectivity index (χ0v) is 29.2. The Balaban J connectivity index is 1.08. The lowest BCUT2D eigenvalue weighted by atomic mass is 10.0. The third-order valence-corrected chi connectivity index (χ3v) is 12.1. The Morgan fingerprint density at radius 3 is 2.40 bits per heavy atom. The van der Waals surface area contributed by atoms with Crippen molar-refractivity contribution >= 4 is 48.3 Å². The summed E-state index contributed by atoms with van der Waals surface area (Å²) in [6.07, 6.45) is -0.818. The first-order chi connectivity index (χ1) is 22.7. The van der Waals surface area contributed by atoms with Gasteiger partial charge in [0.15, 0.2) is 0 Å². The Morgan fingerprint density at radius 1 is 1.04 bits per heavy atom. The molecule has 4 aromatic rings. The monoisotopic (exact) mass is 702 g/mol. The second kappa shape index (κ2) is 13.5. The van der Waals surface area contributed by atoms with E-state index in [9.17, 15) is 26.9 Å². The van der Waals surface area contributed by atoms with E-state index in [1.807, 2.05) is 19.9 Å². The van der Waals surface area contributed by atoms with Crippen molar-refractivity contribution in [2.24, 2.45) is 0 Å². The highest BCUT2D eigenvalue weighted by molar-refractivity contribution is 7.88. The van der Waals surface area contributed by atoms with Gasteiger partial charge in [-0.25, -0.2) is 18.4 Å². The number of piperazine rings is 1. The molecule has 48 heavy (non-hydrogen) atoms. The zero-order valence-electron chi connectivity index (χ0n) is 27.6. The minimum absolute atomic E-state index is 0.115. The molecule has 2 aliphatic rings. The van der Waals surface area contributed by atoms with Crippen LogP contribution in [0.25, 0.3) is 21.1 Å². The van der Waals surface area contributed by atoms with E-state index < -0.39 is 22.6 Å². The molecule has 10 nitrogen and oxygen atoms in total. The number of aromatic nitrogens is 3. The highest BCUT2D eigenvalue weighted by Gasteiger charge is 2.35. The summed E-state index contributed by atoms with van der Waals surface area (Å²) in [5, 5.41) is 15.2. The fourth-order valence-electron chi connectivity index (χ4n) is 7.50. The second-order valence-electron chi connectivity index (χ2n) is 13.3. The van der Waals surface area contributed by atoms with Crippen molar-refractivity contribution in [3.63, 3.8) is 0 Å². The van der Waals surface area contributed by atoms with E-state index in [0.717, 1.165) is 66.8 Å². The molecule has 0 bridgehead atoms. The minimum Gasteiger partial charge on any atom is -0.367 e. The molecule has 2 atom stereocenters. The number of alkyl halides is 3. The molecule has 2 saturated heterocycles. The van der Waals surface area contributed by atoms with Gasteiger partial charge in [0.1, 0.15) is 28.7 Å². The molecule has 15 heteroatoms. The predicted octanol–water partition coefficient (Wildman–Crippen LogP) is 5.36. The standard InChI is InChI=1S/C33H41F3N8O2S2/c1-21-17-42(18-22(2)44(21)48(4,45)46)11-12-43-26(16-37)13-28-23(3)24(5-6-30(28)43)19-41-9-7-25(8-10-41)40-31-29-14-27(15-33(34,35)36)47-32(29)39-20-38-31/h5-6,13-14,20-22,25H,7-12,15,17-19H2,1-4H3,(H,38,39,40)/t21-,22-/m1/s1. The van der Waals surface area contributed by atoms with Crippen LogP contribution in [0.15, 0.2) is 30.6 Å². The molecule has 0 saturated carbocycles. The number of aryl methyl sites for hydroxylation is 1.